The van der Waals surface area contributed by atoms with Gasteiger partial charge in [0.15, 0.2) is 0 Å². The fourth-order valence-electron chi connectivity index (χ4n) is 6.51. The Labute approximate surface area is 214 Å². The molecule has 1 heterocycles. The van der Waals surface area contributed by atoms with E-state index < -0.39 is 0 Å². The number of nitrogens with one attached hydrogen (secondary N) is 1. The molecule has 36 heavy (non-hydrogen) atoms. The van der Waals surface area contributed by atoms with Crippen molar-refractivity contribution in [3.05, 3.63) is 65.7 Å². The second-order valence-corrected chi connectivity index (χ2v) is 10.8. The van der Waals surface area contributed by atoms with E-state index in [0.29, 0.717) is 0 Å². The average molecular weight is 491 g/mol. The SMILES string of the molecule is COc1cccc(C23CCN(CC4CC4)CC2(OC)CCC(NC(=O)C=Cc2cccc(O)c2)C3)c1. The van der Waals surface area contributed by atoms with Gasteiger partial charge in [-0.15, -0.1) is 0 Å². The molecule has 0 bridgehead atoms. The molecule has 0 radical (unpaired) electrons. The first-order valence-corrected chi connectivity index (χ1v) is 13.1. The number of piperidine rings is 1. The van der Waals surface area contributed by atoms with Crippen LogP contribution in [-0.4, -0.2) is 61.4 Å². The second-order valence-electron chi connectivity index (χ2n) is 10.8. The van der Waals surface area contributed by atoms with Crippen LogP contribution in [0, 0.1) is 5.92 Å². The fraction of sp³-hybridized carbons (Fsp3) is 0.500. The number of amides is 1. The summed E-state index contributed by atoms with van der Waals surface area (Å²) in [6.45, 7) is 3.13. The van der Waals surface area contributed by atoms with Crippen LogP contribution >= 0.6 is 0 Å². The van der Waals surface area contributed by atoms with Gasteiger partial charge in [0.25, 0.3) is 0 Å². The number of benzene rings is 2. The van der Waals surface area contributed by atoms with Gasteiger partial charge in [0.1, 0.15) is 11.5 Å². The van der Waals surface area contributed by atoms with Crippen molar-refractivity contribution in [3.8, 4) is 11.5 Å². The van der Waals surface area contributed by atoms with E-state index in [0.717, 1.165) is 56.0 Å². The molecule has 0 aromatic heterocycles. The van der Waals surface area contributed by atoms with Crippen molar-refractivity contribution < 1.29 is 19.4 Å². The van der Waals surface area contributed by atoms with Gasteiger partial charge in [0, 0.05) is 37.7 Å². The third kappa shape index (κ3) is 5.02. The van der Waals surface area contributed by atoms with Crippen molar-refractivity contribution in [2.24, 2.45) is 5.92 Å². The Balaban J connectivity index is 1.39. The Hall–Kier alpha value is -2.83. The third-order valence-electron chi connectivity index (χ3n) is 8.57. The molecular formula is C30H38N2O4. The lowest BCUT2D eigenvalue weighted by atomic mass is 9.55. The van der Waals surface area contributed by atoms with Crippen LogP contribution < -0.4 is 10.1 Å². The molecule has 2 saturated carbocycles. The Bertz CT molecular complexity index is 1110. The minimum Gasteiger partial charge on any atom is -0.508 e. The molecule has 2 N–H and O–H groups in total. The first-order chi connectivity index (χ1) is 17.4. The molecule has 1 saturated heterocycles. The predicted octanol–water partition coefficient (Wildman–Crippen LogP) is 4.52. The first-order valence-electron chi connectivity index (χ1n) is 13.1. The van der Waals surface area contributed by atoms with E-state index in [1.54, 1.807) is 37.5 Å². The molecule has 2 aromatic rings. The van der Waals surface area contributed by atoms with E-state index in [4.69, 9.17) is 9.47 Å². The summed E-state index contributed by atoms with van der Waals surface area (Å²) in [4.78, 5) is 15.5. The van der Waals surface area contributed by atoms with E-state index >= 15 is 0 Å². The Morgan fingerprint density at radius 2 is 1.97 bits per heavy atom. The van der Waals surface area contributed by atoms with E-state index in [1.807, 2.05) is 19.2 Å². The summed E-state index contributed by atoms with van der Waals surface area (Å²) >= 11 is 0. The van der Waals surface area contributed by atoms with Crippen molar-refractivity contribution in [1.82, 2.24) is 10.2 Å². The summed E-state index contributed by atoms with van der Waals surface area (Å²) < 4.78 is 12.1. The van der Waals surface area contributed by atoms with Crippen LogP contribution in [-0.2, 0) is 14.9 Å². The molecule has 1 aliphatic heterocycles. The topological polar surface area (TPSA) is 71.0 Å². The van der Waals surface area contributed by atoms with Gasteiger partial charge in [-0.05, 0) is 92.5 Å². The number of carbonyl (C=O) groups is 1. The molecule has 0 spiro atoms. The van der Waals surface area contributed by atoms with Crippen LogP contribution in [0.4, 0.5) is 0 Å². The standard InChI is InChI=1S/C30H38N2O4/c1-35-27-8-4-6-24(18-27)29-15-16-32(20-23-9-10-23)21-30(29,36-2)14-13-25(19-29)31-28(34)12-11-22-5-3-7-26(33)17-22/h3-8,11-12,17-18,23,25,33H,9-10,13-16,19-21H2,1-2H3,(H,31,34). The van der Waals surface area contributed by atoms with Crippen molar-refractivity contribution >= 4 is 12.0 Å². The van der Waals surface area contributed by atoms with Crippen LogP contribution in [0.25, 0.3) is 6.08 Å². The van der Waals surface area contributed by atoms with Crippen LogP contribution in [0.5, 0.6) is 11.5 Å². The number of hydrogen-bond donors (Lipinski definition) is 2. The quantitative estimate of drug-likeness (QED) is 0.533. The van der Waals surface area contributed by atoms with Gasteiger partial charge in [0.05, 0.1) is 12.7 Å². The lowest BCUT2D eigenvalue weighted by Crippen LogP contribution is -2.68. The fourth-order valence-corrected chi connectivity index (χ4v) is 6.51. The van der Waals surface area contributed by atoms with E-state index in [1.165, 1.54) is 24.9 Å². The highest BCUT2D eigenvalue weighted by molar-refractivity contribution is 5.92. The number of rotatable bonds is 8. The van der Waals surface area contributed by atoms with Gasteiger partial charge in [0.2, 0.25) is 5.91 Å². The minimum atomic E-state index is -0.300. The number of aromatic hydroxyl groups is 1. The molecular weight excluding hydrogens is 452 g/mol. The molecule has 1 amide bonds. The van der Waals surface area contributed by atoms with Crippen LogP contribution in [0.3, 0.4) is 0 Å². The zero-order valence-electron chi connectivity index (χ0n) is 21.4. The summed E-state index contributed by atoms with van der Waals surface area (Å²) in [6.07, 6.45) is 9.59. The third-order valence-corrected chi connectivity index (χ3v) is 8.57. The zero-order chi connectivity index (χ0) is 25.2. The minimum absolute atomic E-state index is 0.0517. The first kappa shape index (κ1) is 24.8. The van der Waals surface area contributed by atoms with E-state index in [9.17, 15) is 9.90 Å². The Morgan fingerprint density at radius 1 is 1.14 bits per heavy atom. The Morgan fingerprint density at radius 3 is 2.72 bits per heavy atom. The molecule has 6 nitrogen and oxygen atoms in total. The van der Waals surface area contributed by atoms with Crippen molar-refractivity contribution in [1.29, 1.82) is 0 Å². The Kier molecular flexibility index (Phi) is 7.09. The molecule has 192 valence electrons. The monoisotopic (exact) mass is 490 g/mol. The summed E-state index contributed by atoms with van der Waals surface area (Å²) in [5, 5.41) is 12.9. The van der Waals surface area contributed by atoms with Crippen molar-refractivity contribution in [2.75, 3.05) is 33.9 Å². The maximum absolute atomic E-state index is 12.9. The summed E-state index contributed by atoms with van der Waals surface area (Å²) in [6, 6.07) is 15.4. The molecule has 2 aliphatic carbocycles. The predicted molar refractivity (Wildman–Crippen MR) is 141 cm³/mol. The van der Waals surface area contributed by atoms with E-state index in [2.05, 4.69) is 28.4 Å². The van der Waals surface area contributed by atoms with Crippen LogP contribution in [0.2, 0.25) is 0 Å². The maximum Gasteiger partial charge on any atom is 0.244 e. The zero-order valence-corrected chi connectivity index (χ0v) is 21.4. The molecule has 3 fully saturated rings. The lowest BCUT2D eigenvalue weighted by Gasteiger charge is -2.60. The maximum atomic E-state index is 12.9. The number of carbonyl (C=O) groups excluding carboxylic acids is 1. The molecule has 5 rings (SSSR count). The van der Waals surface area contributed by atoms with Crippen molar-refractivity contribution in [2.45, 2.75) is 55.6 Å². The smallest absolute Gasteiger partial charge is 0.244 e. The number of nitrogens with zero attached hydrogens (tertiary/aromatic N) is 1. The van der Waals surface area contributed by atoms with Gasteiger partial charge in [-0.2, -0.15) is 0 Å². The number of ether oxygens (including phenoxy) is 2. The number of methoxy groups -OCH3 is 2. The molecule has 6 heteroatoms. The summed E-state index contributed by atoms with van der Waals surface area (Å²) in [7, 11) is 3.58. The number of phenols is 1. The summed E-state index contributed by atoms with van der Waals surface area (Å²) in [5.41, 5.74) is 1.53. The van der Waals surface area contributed by atoms with Crippen molar-refractivity contribution in [3.63, 3.8) is 0 Å². The normalized spacial score (nSPS) is 28.6. The molecule has 2 aromatic carbocycles. The van der Waals surface area contributed by atoms with Crippen LogP contribution in [0.15, 0.2) is 54.6 Å². The number of hydrogen-bond acceptors (Lipinski definition) is 5. The van der Waals surface area contributed by atoms with Gasteiger partial charge in [-0.25, -0.2) is 0 Å². The largest absolute Gasteiger partial charge is 0.508 e. The van der Waals surface area contributed by atoms with Gasteiger partial charge >= 0.3 is 0 Å². The average Bonchev–Trinajstić information content (AvgIpc) is 3.71. The number of phenolic OH excluding ortho intramolecular Hbond substituents is 1. The highest BCUT2D eigenvalue weighted by atomic mass is 16.5. The van der Waals surface area contributed by atoms with Gasteiger partial charge in [-0.1, -0.05) is 24.3 Å². The van der Waals surface area contributed by atoms with E-state index in [-0.39, 0.29) is 28.7 Å². The molecule has 3 unspecified atom stereocenters. The van der Waals surface area contributed by atoms with Gasteiger partial charge in [-0.3, -0.25) is 4.79 Å². The number of likely N-dealkylation sites (tertiary alicyclic amines) is 1. The second kappa shape index (κ2) is 10.3. The summed E-state index contributed by atoms with van der Waals surface area (Å²) in [5.74, 6) is 1.78. The van der Waals surface area contributed by atoms with Crippen LogP contribution in [0.1, 0.15) is 49.7 Å². The highest BCUT2D eigenvalue weighted by Crippen LogP contribution is 2.54. The highest BCUT2D eigenvalue weighted by Gasteiger charge is 2.59. The molecule has 3 aliphatic rings. The lowest BCUT2D eigenvalue weighted by molar-refractivity contribution is -0.150. The number of fused-ring (bicyclic) bond motifs is 1. The van der Waals surface area contributed by atoms with Gasteiger partial charge < -0.3 is 24.8 Å². The molecule has 3 atom stereocenters.